The number of benzene rings is 1. The molecule has 0 spiro atoms. The third kappa shape index (κ3) is 3.98. The zero-order valence-corrected chi connectivity index (χ0v) is 19.2. The predicted octanol–water partition coefficient (Wildman–Crippen LogP) is 3.27. The van der Waals surface area contributed by atoms with Crippen LogP contribution in [-0.4, -0.2) is 15.5 Å². The first kappa shape index (κ1) is 20.6. The van der Waals surface area contributed by atoms with Gasteiger partial charge >= 0.3 is 0 Å². The molecule has 7 nitrogen and oxygen atoms in total. The van der Waals surface area contributed by atoms with E-state index in [4.69, 9.17) is 0 Å². The molecule has 1 fully saturated rings. The highest BCUT2D eigenvalue weighted by Crippen LogP contribution is 2.42. The maximum Gasteiger partial charge on any atom is 0.294 e. The van der Waals surface area contributed by atoms with Crippen molar-refractivity contribution in [3.05, 3.63) is 79.5 Å². The van der Waals surface area contributed by atoms with E-state index in [1.807, 2.05) is 18.2 Å². The highest BCUT2D eigenvalue weighted by molar-refractivity contribution is 7.12. The fourth-order valence-corrected chi connectivity index (χ4v) is 6.11. The Morgan fingerprint density at radius 3 is 2.85 bits per heavy atom. The van der Waals surface area contributed by atoms with Crippen molar-refractivity contribution in [3.63, 3.8) is 0 Å². The molecule has 3 aliphatic rings. The maximum atomic E-state index is 13.4. The van der Waals surface area contributed by atoms with Crippen LogP contribution in [0.1, 0.15) is 57.9 Å². The molecule has 0 saturated heterocycles. The van der Waals surface area contributed by atoms with Crippen molar-refractivity contribution in [2.45, 2.75) is 57.4 Å². The minimum Gasteiger partial charge on any atom is -0.358 e. The Morgan fingerprint density at radius 1 is 1.21 bits per heavy atom. The van der Waals surface area contributed by atoms with Crippen LogP contribution in [0.3, 0.4) is 0 Å². The molecule has 2 unspecified atom stereocenters. The van der Waals surface area contributed by atoms with Crippen molar-refractivity contribution in [3.8, 4) is 0 Å². The van der Waals surface area contributed by atoms with Crippen molar-refractivity contribution >= 4 is 23.1 Å². The molecule has 1 saturated carbocycles. The Labute approximate surface area is 196 Å². The van der Waals surface area contributed by atoms with Gasteiger partial charge < -0.3 is 16.0 Å². The molecular weight excluding hydrogens is 434 g/mol. The van der Waals surface area contributed by atoms with Gasteiger partial charge in [0.25, 0.3) is 5.56 Å². The minimum atomic E-state index is -0.486. The van der Waals surface area contributed by atoms with Crippen LogP contribution in [0.5, 0.6) is 0 Å². The first-order valence-electron chi connectivity index (χ1n) is 11.7. The molecular formula is C25H27N5O2S. The average Bonchev–Trinajstić information content (AvgIpc) is 3.24. The number of carbonyl (C=O) groups is 1. The number of hydrogen-bond donors (Lipinski definition) is 3. The number of amides is 1. The van der Waals surface area contributed by atoms with Gasteiger partial charge in [0.2, 0.25) is 5.91 Å². The van der Waals surface area contributed by atoms with Crippen LogP contribution in [0.4, 0.5) is 5.82 Å². The zero-order valence-electron chi connectivity index (χ0n) is 18.3. The van der Waals surface area contributed by atoms with Crippen molar-refractivity contribution in [2.75, 3.05) is 5.32 Å². The highest BCUT2D eigenvalue weighted by Gasteiger charge is 2.35. The first-order valence-corrected chi connectivity index (χ1v) is 12.5. The van der Waals surface area contributed by atoms with E-state index in [2.05, 4.69) is 39.1 Å². The van der Waals surface area contributed by atoms with Gasteiger partial charge in [0.15, 0.2) is 5.82 Å². The summed E-state index contributed by atoms with van der Waals surface area (Å²) in [5, 5.41) is 9.81. The van der Waals surface area contributed by atoms with Crippen LogP contribution in [0.15, 0.2) is 47.4 Å². The topological polar surface area (TPSA) is 88.1 Å². The van der Waals surface area contributed by atoms with Gasteiger partial charge in [0, 0.05) is 34.7 Å². The second kappa shape index (κ2) is 8.43. The second-order valence-electron chi connectivity index (χ2n) is 9.18. The number of nitrogens with zero attached hydrogens (tertiary/aromatic N) is 2. The standard InChI is InChI=1S/C25H27N5O2S/c31-24(28-13-19-10-17-11-26-14-21(17)33-19)20-9-8-18-12-27-23(25(32)30(18)20)29-22(16-6-7-16)15-4-2-1-3-5-15/h1-5,10,12,16,20,22,26H,6-9,11,13-14H2,(H,27,29)(H,28,31). The summed E-state index contributed by atoms with van der Waals surface area (Å²) in [4.78, 5) is 33.4. The summed E-state index contributed by atoms with van der Waals surface area (Å²) in [7, 11) is 0. The van der Waals surface area contributed by atoms with E-state index < -0.39 is 6.04 Å². The molecule has 0 radical (unpaired) electrons. The van der Waals surface area contributed by atoms with Gasteiger partial charge in [-0.1, -0.05) is 30.3 Å². The van der Waals surface area contributed by atoms with Crippen LogP contribution >= 0.6 is 11.3 Å². The van der Waals surface area contributed by atoms with Crippen LogP contribution < -0.4 is 21.5 Å². The molecule has 2 atom stereocenters. The van der Waals surface area contributed by atoms with Crippen molar-refractivity contribution in [1.82, 2.24) is 20.2 Å². The van der Waals surface area contributed by atoms with E-state index in [1.165, 1.54) is 16.0 Å². The number of thiophene rings is 1. The molecule has 3 N–H and O–H groups in total. The molecule has 8 heteroatoms. The summed E-state index contributed by atoms with van der Waals surface area (Å²) in [6.45, 7) is 2.32. The summed E-state index contributed by atoms with van der Waals surface area (Å²) in [5.74, 6) is 0.747. The molecule has 0 bridgehead atoms. The number of nitrogens with one attached hydrogen (secondary N) is 3. The van der Waals surface area contributed by atoms with Crippen molar-refractivity contribution in [1.29, 1.82) is 0 Å². The van der Waals surface area contributed by atoms with Gasteiger partial charge in [-0.25, -0.2) is 4.98 Å². The average molecular weight is 462 g/mol. The fourth-order valence-electron chi connectivity index (χ4n) is 5.02. The monoisotopic (exact) mass is 461 g/mol. The minimum absolute atomic E-state index is 0.0639. The fraction of sp³-hybridized carbons (Fsp3) is 0.400. The van der Waals surface area contributed by atoms with Crippen LogP contribution in [0, 0.1) is 5.92 Å². The smallest absolute Gasteiger partial charge is 0.294 e. The Bertz CT molecular complexity index is 1230. The third-order valence-corrected chi connectivity index (χ3v) is 8.07. The van der Waals surface area contributed by atoms with Gasteiger partial charge in [-0.15, -0.1) is 11.3 Å². The summed E-state index contributed by atoms with van der Waals surface area (Å²) >= 11 is 1.75. The molecule has 1 aromatic carbocycles. The third-order valence-electron chi connectivity index (χ3n) is 6.89. The van der Waals surface area contributed by atoms with E-state index >= 15 is 0 Å². The van der Waals surface area contributed by atoms with Gasteiger partial charge in [0.1, 0.15) is 6.04 Å². The lowest BCUT2D eigenvalue weighted by Gasteiger charge is -2.20. The van der Waals surface area contributed by atoms with E-state index in [1.54, 1.807) is 22.1 Å². The number of aromatic nitrogens is 2. The lowest BCUT2D eigenvalue weighted by Crippen LogP contribution is -2.36. The lowest BCUT2D eigenvalue weighted by molar-refractivity contribution is -0.124. The lowest BCUT2D eigenvalue weighted by atomic mass is 10.0. The molecule has 6 rings (SSSR count). The van der Waals surface area contributed by atoms with Gasteiger partial charge in [-0.05, 0) is 48.8 Å². The van der Waals surface area contributed by atoms with Gasteiger partial charge in [0.05, 0.1) is 12.6 Å². The van der Waals surface area contributed by atoms with Gasteiger partial charge in [-0.3, -0.25) is 14.2 Å². The van der Waals surface area contributed by atoms with Crippen LogP contribution in [0.25, 0.3) is 0 Å². The highest BCUT2D eigenvalue weighted by atomic mass is 32.1. The zero-order chi connectivity index (χ0) is 22.4. The van der Waals surface area contributed by atoms with Crippen molar-refractivity contribution in [2.24, 2.45) is 5.92 Å². The number of carbonyl (C=O) groups excluding carboxylic acids is 1. The van der Waals surface area contributed by atoms with E-state index in [-0.39, 0.29) is 17.5 Å². The Morgan fingerprint density at radius 2 is 2.06 bits per heavy atom. The molecule has 2 aromatic heterocycles. The summed E-state index contributed by atoms with van der Waals surface area (Å²) in [5.41, 5.74) is 3.12. The summed E-state index contributed by atoms with van der Waals surface area (Å²) in [6.07, 6.45) is 5.35. The number of fused-ring (bicyclic) bond motifs is 2. The molecule has 4 heterocycles. The largest absolute Gasteiger partial charge is 0.358 e. The molecule has 1 amide bonds. The molecule has 2 aliphatic heterocycles. The Balaban J connectivity index is 1.20. The number of hydrogen-bond acceptors (Lipinski definition) is 6. The molecule has 1 aliphatic carbocycles. The number of anilines is 1. The Kier molecular flexibility index (Phi) is 5.27. The molecule has 3 aromatic rings. The first-order chi connectivity index (χ1) is 16.2. The predicted molar refractivity (Wildman–Crippen MR) is 128 cm³/mol. The summed E-state index contributed by atoms with van der Waals surface area (Å²) < 4.78 is 1.65. The SMILES string of the molecule is O=C(NCc1cc2c(s1)CNC2)C1CCc2cnc(NC(c3ccccc3)C3CC3)c(=O)n21. The number of rotatable bonds is 7. The quantitative estimate of drug-likeness (QED) is 0.503. The van der Waals surface area contributed by atoms with Crippen LogP contribution in [-0.2, 0) is 30.8 Å². The van der Waals surface area contributed by atoms with Crippen molar-refractivity contribution < 1.29 is 4.79 Å². The Hall–Kier alpha value is -2.97. The van der Waals surface area contributed by atoms with Gasteiger partial charge in [-0.2, -0.15) is 0 Å². The maximum absolute atomic E-state index is 13.4. The molecule has 170 valence electrons. The van der Waals surface area contributed by atoms with E-state index in [0.717, 1.165) is 36.5 Å². The second-order valence-corrected chi connectivity index (χ2v) is 10.4. The van der Waals surface area contributed by atoms with Crippen LogP contribution in [0.2, 0.25) is 0 Å². The molecule has 33 heavy (non-hydrogen) atoms. The van der Waals surface area contributed by atoms with E-state index in [9.17, 15) is 9.59 Å². The van der Waals surface area contributed by atoms with E-state index in [0.29, 0.717) is 31.1 Å². The summed E-state index contributed by atoms with van der Waals surface area (Å²) in [6, 6.07) is 12.0. The normalized spacial score (nSPS) is 19.7. The number of aryl methyl sites for hydroxylation is 1.